The zero-order chi connectivity index (χ0) is 16.1. The van der Waals surface area contributed by atoms with Crippen molar-refractivity contribution in [1.29, 1.82) is 0 Å². The third kappa shape index (κ3) is 2.12. The topological polar surface area (TPSA) is 63.2 Å². The molecule has 2 amide bonds. The second kappa shape index (κ2) is 4.62. The monoisotopic (exact) mass is 307 g/mol. The van der Waals surface area contributed by atoms with Gasteiger partial charge in [-0.15, -0.1) is 0 Å². The van der Waals surface area contributed by atoms with Gasteiger partial charge in [0.15, 0.2) is 0 Å². The molecule has 1 aliphatic heterocycles. The quantitative estimate of drug-likeness (QED) is 0.760. The Kier molecular flexibility index (Phi) is 2.98. The lowest BCUT2D eigenvalue weighted by molar-refractivity contribution is -0.137. The van der Waals surface area contributed by atoms with Crippen molar-refractivity contribution >= 4 is 17.8 Å². The summed E-state index contributed by atoms with van der Waals surface area (Å²) in [6.07, 6.45) is -3.23. The van der Waals surface area contributed by atoms with E-state index in [-0.39, 0.29) is 17.1 Å². The van der Waals surface area contributed by atoms with Crippen LogP contribution in [-0.4, -0.2) is 21.8 Å². The predicted octanol–water partition coefficient (Wildman–Crippen LogP) is 2.60. The number of aromatic nitrogens is 2. The number of halogens is 3. The third-order valence-corrected chi connectivity index (χ3v) is 3.20. The number of benzene rings is 1. The number of aryl methyl sites for hydroxylation is 1. The van der Waals surface area contributed by atoms with Crippen LogP contribution in [0.4, 0.5) is 19.1 Å². The Hall–Kier alpha value is -2.77. The van der Waals surface area contributed by atoms with Gasteiger partial charge < -0.3 is 0 Å². The summed E-state index contributed by atoms with van der Waals surface area (Å²) >= 11 is 0. The van der Waals surface area contributed by atoms with E-state index in [9.17, 15) is 22.8 Å². The maximum absolute atomic E-state index is 12.7. The molecule has 0 atom stereocenters. The molecule has 5 nitrogen and oxygen atoms in total. The summed E-state index contributed by atoms with van der Waals surface area (Å²) in [7, 11) is 0. The van der Waals surface area contributed by atoms with E-state index in [2.05, 4.69) is 9.97 Å². The van der Waals surface area contributed by atoms with Crippen LogP contribution in [0.1, 0.15) is 32.0 Å². The summed E-state index contributed by atoms with van der Waals surface area (Å²) < 4.78 is 38.2. The van der Waals surface area contributed by atoms with Gasteiger partial charge in [0, 0.05) is 11.9 Å². The second-order valence-corrected chi connectivity index (χ2v) is 4.70. The highest BCUT2D eigenvalue weighted by atomic mass is 19.4. The molecule has 0 unspecified atom stereocenters. The number of hydrogen-bond acceptors (Lipinski definition) is 4. The number of fused-ring (bicyclic) bond motifs is 1. The Morgan fingerprint density at radius 1 is 1.05 bits per heavy atom. The van der Waals surface area contributed by atoms with Crippen LogP contribution < -0.4 is 4.90 Å². The van der Waals surface area contributed by atoms with Crippen LogP contribution in [0.2, 0.25) is 0 Å². The van der Waals surface area contributed by atoms with Crippen molar-refractivity contribution in [2.45, 2.75) is 13.1 Å². The highest BCUT2D eigenvalue weighted by Gasteiger charge is 2.41. The Morgan fingerprint density at radius 2 is 1.73 bits per heavy atom. The van der Waals surface area contributed by atoms with Gasteiger partial charge in [0.05, 0.1) is 16.7 Å². The average Bonchev–Trinajstić information content (AvgIpc) is 2.69. The molecular formula is C14H8F3N3O2. The van der Waals surface area contributed by atoms with Crippen molar-refractivity contribution in [1.82, 2.24) is 9.97 Å². The van der Waals surface area contributed by atoms with Gasteiger partial charge in [0.2, 0.25) is 5.95 Å². The third-order valence-electron chi connectivity index (χ3n) is 3.20. The Labute approximate surface area is 122 Å². The largest absolute Gasteiger partial charge is 0.416 e. The van der Waals surface area contributed by atoms with Crippen LogP contribution >= 0.6 is 0 Å². The molecule has 1 aromatic heterocycles. The van der Waals surface area contributed by atoms with Gasteiger partial charge in [0.25, 0.3) is 11.8 Å². The molecule has 22 heavy (non-hydrogen) atoms. The van der Waals surface area contributed by atoms with Crippen molar-refractivity contribution in [3.8, 4) is 0 Å². The van der Waals surface area contributed by atoms with Crippen LogP contribution in [0.3, 0.4) is 0 Å². The summed E-state index contributed by atoms with van der Waals surface area (Å²) in [5.74, 6) is -1.75. The first kappa shape index (κ1) is 14.2. The highest BCUT2D eigenvalue weighted by molar-refractivity contribution is 6.33. The first-order chi connectivity index (χ1) is 10.3. The number of alkyl halides is 3. The van der Waals surface area contributed by atoms with Gasteiger partial charge >= 0.3 is 6.18 Å². The van der Waals surface area contributed by atoms with Crippen LogP contribution in [0.25, 0.3) is 0 Å². The maximum Gasteiger partial charge on any atom is 0.416 e. The molecule has 0 fully saturated rings. The molecule has 0 bridgehead atoms. The zero-order valence-corrected chi connectivity index (χ0v) is 11.2. The molecule has 0 spiro atoms. The van der Waals surface area contributed by atoms with Crippen LogP contribution in [0, 0.1) is 6.92 Å². The Morgan fingerprint density at radius 3 is 2.36 bits per heavy atom. The van der Waals surface area contributed by atoms with E-state index in [1.54, 1.807) is 13.0 Å². The molecule has 0 radical (unpaired) electrons. The van der Waals surface area contributed by atoms with Gasteiger partial charge in [-0.3, -0.25) is 9.59 Å². The molecule has 1 aliphatic rings. The van der Waals surface area contributed by atoms with E-state index in [1.807, 2.05) is 0 Å². The number of hydrogen-bond donors (Lipinski definition) is 0. The smallest absolute Gasteiger partial charge is 0.268 e. The number of carbonyl (C=O) groups excluding carboxylic acids is 2. The molecule has 0 aliphatic carbocycles. The molecule has 0 saturated carbocycles. The molecule has 2 heterocycles. The van der Waals surface area contributed by atoms with E-state index in [4.69, 9.17) is 0 Å². The van der Waals surface area contributed by atoms with Crippen molar-refractivity contribution in [2.75, 3.05) is 4.90 Å². The minimum absolute atomic E-state index is 0.0943. The highest BCUT2D eigenvalue weighted by Crippen LogP contribution is 2.34. The number of rotatable bonds is 1. The zero-order valence-electron chi connectivity index (χ0n) is 11.2. The van der Waals surface area contributed by atoms with Crippen LogP contribution in [0.15, 0.2) is 30.5 Å². The molecule has 112 valence electrons. The lowest BCUT2D eigenvalue weighted by Gasteiger charge is -2.11. The van der Waals surface area contributed by atoms with Crippen molar-refractivity contribution in [2.24, 2.45) is 0 Å². The lowest BCUT2D eigenvalue weighted by Crippen LogP contribution is -2.31. The molecular weight excluding hydrogens is 299 g/mol. The van der Waals surface area contributed by atoms with E-state index in [0.29, 0.717) is 16.7 Å². The normalized spacial score (nSPS) is 14.5. The van der Waals surface area contributed by atoms with Gasteiger partial charge in [-0.2, -0.15) is 13.2 Å². The Bertz CT molecular complexity index is 802. The molecule has 2 aromatic rings. The SMILES string of the molecule is Cc1ccnc(N2C(=O)c3ccc(C(F)(F)F)cc3C2=O)n1. The van der Waals surface area contributed by atoms with Crippen molar-refractivity contribution in [3.63, 3.8) is 0 Å². The van der Waals surface area contributed by atoms with Crippen LogP contribution in [-0.2, 0) is 6.18 Å². The molecule has 0 N–H and O–H groups in total. The minimum Gasteiger partial charge on any atom is -0.268 e. The van der Waals surface area contributed by atoms with Crippen LogP contribution in [0.5, 0.6) is 0 Å². The van der Waals surface area contributed by atoms with E-state index in [0.717, 1.165) is 12.1 Å². The fraction of sp³-hybridized carbons (Fsp3) is 0.143. The average molecular weight is 307 g/mol. The van der Waals surface area contributed by atoms with E-state index in [1.165, 1.54) is 6.20 Å². The summed E-state index contributed by atoms with van der Waals surface area (Å²) in [5, 5.41) is 0. The van der Waals surface area contributed by atoms with Crippen molar-refractivity contribution < 1.29 is 22.8 Å². The Balaban J connectivity index is 2.09. The number of amides is 2. The van der Waals surface area contributed by atoms with E-state index < -0.39 is 23.6 Å². The number of carbonyl (C=O) groups is 2. The summed E-state index contributed by atoms with van der Waals surface area (Å²) in [5.41, 5.74) is -0.856. The standard InChI is InChI=1S/C14H8F3N3O2/c1-7-4-5-18-13(19-7)20-11(21)9-3-2-8(14(15,16)17)6-10(9)12(20)22/h2-6H,1H3. The molecule has 0 saturated heterocycles. The second-order valence-electron chi connectivity index (χ2n) is 4.70. The number of nitrogens with zero attached hydrogens (tertiary/aromatic N) is 3. The predicted molar refractivity (Wildman–Crippen MR) is 69.4 cm³/mol. The molecule has 1 aromatic carbocycles. The number of imide groups is 1. The van der Waals surface area contributed by atoms with Gasteiger partial charge in [-0.1, -0.05) is 0 Å². The summed E-state index contributed by atoms with van der Waals surface area (Å²) in [6.45, 7) is 1.64. The maximum atomic E-state index is 12.7. The minimum atomic E-state index is -4.59. The summed E-state index contributed by atoms with van der Waals surface area (Å²) in [6, 6.07) is 4.01. The lowest BCUT2D eigenvalue weighted by atomic mass is 10.1. The van der Waals surface area contributed by atoms with Crippen molar-refractivity contribution in [3.05, 3.63) is 52.8 Å². The molecule has 3 rings (SSSR count). The first-order valence-corrected chi connectivity index (χ1v) is 6.19. The fourth-order valence-corrected chi connectivity index (χ4v) is 2.14. The van der Waals surface area contributed by atoms with Gasteiger partial charge in [-0.05, 0) is 31.2 Å². The van der Waals surface area contributed by atoms with E-state index >= 15 is 0 Å². The first-order valence-electron chi connectivity index (χ1n) is 6.19. The number of anilines is 1. The molecule has 8 heteroatoms. The fourth-order valence-electron chi connectivity index (χ4n) is 2.14. The summed E-state index contributed by atoms with van der Waals surface area (Å²) in [4.78, 5) is 32.9. The van der Waals surface area contributed by atoms with Gasteiger partial charge in [-0.25, -0.2) is 14.9 Å². The van der Waals surface area contributed by atoms with Gasteiger partial charge in [0.1, 0.15) is 0 Å².